The number of hydrogen-bond acceptors (Lipinski definition) is 2. The molecule has 0 bridgehead atoms. The zero-order chi connectivity index (χ0) is 11.7. The average molecular weight is 220 g/mol. The van der Waals surface area contributed by atoms with Gasteiger partial charge in [0, 0.05) is 12.0 Å². The summed E-state index contributed by atoms with van der Waals surface area (Å²) in [6.07, 6.45) is 7.50. The van der Waals surface area contributed by atoms with E-state index in [-0.39, 0.29) is 12.1 Å². The zero-order valence-electron chi connectivity index (χ0n) is 10.3. The molecule has 2 nitrogen and oxygen atoms in total. The van der Waals surface area contributed by atoms with Gasteiger partial charge in [-0.3, -0.25) is 0 Å². The van der Waals surface area contributed by atoms with Gasteiger partial charge in [0.2, 0.25) is 0 Å². The maximum absolute atomic E-state index is 11.5. The van der Waals surface area contributed by atoms with Crippen LogP contribution < -0.4 is 0 Å². The highest BCUT2D eigenvalue weighted by atomic mass is 16.5. The highest BCUT2D eigenvalue weighted by Gasteiger charge is 2.38. The topological polar surface area (TPSA) is 26.3 Å². The minimum atomic E-state index is -0.179. The van der Waals surface area contributed by atoms with E-state index in [0.717, 1.165) is 18.8 Å². The van der Waals surface area contributed by atoms with Crippen LogP contribution in [0.2, 0.25) is 0 Å². The van der Waals surface area contributed by atoms with Crippen LogP contribution in [0.25, 0.3) is 0 Å². The van der Waals surface area contributed by atoms with Crippen LogP contribution in [0.3, 0.4) is 0 Å². The lowest BCUT2D eigenvalue weighted by molar-refractivity contribution is -0.141. The molecule has 0 aromatic carbocycles. The molecule has 0 aromatic heterocycles. The maximum atomic E-state index is 11.5. The van der Waals surface area contributed by atoms with Gasteiger partial charge in [-0.15, -0.1) is 0 Å². The van der Waals surface area contributed by atoms with E-state index in [2.05, 4.69) is 13.0 Å². The van der Waals surface area contributed by atoms with Gasteiger partial charge in [-0.05, 0) is 39.0 Å². The second kappa shape index (κ2) is 4.44. The summed E-state index contributed by atoms with van der Waals surface area (Å²) in [6, 6.07) is 0. The Balaban J connectivity index is 1.96. The van der Waals surface area contributed by atoms with Gasteiger partial charge in [0.25, 0.3) is 0 Å². The van der Waals surface area contributed by atoms with E-state index in [4.69, 9.17) is 4.74 Å². The molecule has 2 rings (SSSR count). The Kier molecular flexibility index (Phi) is 3.17. The Morgan fingerprint density at radius 2 is 2.31 bits per heavy atom. The Morgan fingerprint density at radius 3 is 2.94 bits per heavy atom. The molecular formula is C14H20O2. The van der Waals surface area contributed by atoms with Crippen molar-refractivity contribution in [2.24, 2.45) is 11.8 Å². The fourth-order valence-electron chi connectivity index (χ4n) is 2.64. The molecule has 0 aromatic rings. The summed E-state index contributed by atoms with van der Waals surface area (Å²) >= 11 is 0. The number of rotatable bonds is 3. The lowest BCUT2D eigenvalue weighted by atomic mass is 9.71. The highest BCUT2D eigenvalue weighted by Crippen LogP contribution is 2.49. The third kappa shape index (κ3) is 2.21. The second-order valence-electron chi connectivity index (χ2n) is 5.08. The van der Waals surface area contributed by atoms with E-state index < -0.39 is 0 Å². The third-order valence-corrected chi connectivity index (χ3v) is 3.48. The summed E-state index contributed by atoms with van der Waals surface area (Å²) in [4.78, 5) is 11.5. The van der Waals surface area contributed by atoms with E-state index in [9.17, 15) is 4.79 Å². The number of hydrogen-bond donors (Lipinski definition) is 0. The fraction of sp³-hybridized carbons (Fsp3) is 0.643. The van der Waals surface area contributed by atoms with E-state index in [0.29, 0.717) is 5.92 Å². The van der Waals surface area contributed by atoms with Gasteiger partial charge in [0.15, 0.2) is 0 Å². The molecule has 1 saturated carbocycles. The predicted octanol–water partition coefficient (Wildman–Crippen LogP) is 3.24. The number of fused-ring (bicyclic) bond motifs is 1. The molecule has 0 aliphatic heterocycles. The van der Waals surface area contributed by atoms with Crippen molar-refractivity contribution in [3.05, 3.63) is 23.3 Å². The van der Waals surface area contributed by atoms with Crippen LogP contribution in [0.4, 0.5) is 0 Å². The first-order chi connectivity index (χ1) is 7.60. The largest absolute Gasteiger partial charge is 0.460 e. The first-order valence-corrected chi connectivity index (χ1v) is 6.20. The molecule has 2 aliphatic rings. The van der Waals surface area contributed by atoms with Gasteiger partial charge in [-0.1, -0.05) is 24.1 Å². The molecule has 2 aliphatic carbocycles. The molecule has 2 atom stereocenters. The van der Waals surface area contributed by atoms with Crippen molar-refractivity contribution in [1.82, 2.24) is 0 Å². The summed E-state index contributed by atoms with van der Waals surface area (Å²) in [5, 5.41) is 0. The highest BCUT2D eigenvalue weighted by molar-refractivity contribution is 5.83. The number of allylic oxidation sites excluding steroid dienone is 3. The van der Waals surface area contributed by atoms with E-state index in [1.165, 1.54) is 12.0 Å². The zero-order valence-corrected chi connectivity index (χ0v) is 10.3. The Hall–Kier alpha value is -1.05. The fourth-order valence-corrected chi connectivity index (χ4v) is 2.64. The monoisotopic (exact) mass is 220 g/mol. The number of carbonyl (C=O) groups excluding carboxylic acids is 1. The summed E-state index contributed by atoms with van der Waals surface area (Å²) < 4.78 is 5.12. The maximum Gasteiger partial charge on any atom is 0.330 e. The molecule has 88 valence electrons. The molecule has 2 heteroatoms. The lowest BCUT2D eigenvalue weighted by Gasteiger charge is -2.33. The van der Waals surface area contributed by atoms with Crippen molar-refractivity contribution in [1.29, 1.82) is 0 Å². The van der Waals surface area contributed by atoms with Crippen molar-refractivity contribution in [2.45, 2.75) is 46.1 Å². The van der Waals surface area contributed by atoms with Crippen LogP contribution in [-0.4, -0.2) is 12.1 Å². The number of esters is 1. The van der Waals surface area contributed by atoms with E-state index >= 15 is 0 Å². The summed E-state index contributed by atoms with van der Waals surface area (Å²) in [5.41, 5.74) is 2.81. The average Bonchev–Trinajstić information content (AvgIpc) is 2.51. The van der Waals surface area contributed by atoms with Crippen molar-refractivity contribution in [2.75, 3.05) is 0 Å². The van der Waals surface area contributed by atoms with Crippen LogP contribution >= 0.6 is 0 Å². The van der Waals surface area contributed by atoms with E-state index in [1.807, 2.05) is 13.8 Å². The van der Waals surface area contributed by atoms with Crippen LogP contribution in [0.5, 0.6) is 0 Å². The van der Waals surface area contributed by atoms with Gasteiger partial charge < -0.3 is 4.74 Å². The lowest BCUT2D eigenvalue weighted by Crippen LogP contribution is -2.25. The first-order valence-electron chi connectivity index (χ1n) is 6.20. The minimum absolute atomic E-state index is 0.0226. The SMILES string of the molecule is CCC1=C[C@H]2/C(=C/C(=O)OC(C)C)C[C@H]2C1. The molecule has 0 spiro atoms. The van der Waals surface area contributed by atoms with Crippen molar-refractivity contribution >= 4 is 5.97 Å². The summed E-state index contributed by atoms with van der Waals surface area (Å²) in [5.74, 6) is 1.13. The first kappa shape index (κ1) is 11.4. The second-order valence-corrected chi connectivity index (χ2v) is 5.08. The smallest absolute Gasteiger partial charge is 0.330 e. The van der Waals surface area contributed by atoms with E-state index in [1.54, 1.807) is 11.6 Å². The standard InChI is InChI=1S/C14H20O2/c1-4-10-5-11-7-12(13(11)6-10)8-14(15)16-9(2)3/h6,8-9,11,13H,4-5,7H2,1-3H3/b12-8+/t11-,13-/m1/s1. The van der Waals surface area contributed by atoms with Gasteiger partial charge in [-0.25, -0.2) is 4.79 Å². The molecule has 0 heterocycles. The molecule has 0 unspecified atom stereocenters. The Labute approximate surface area is 97.4 Å². The molecule has 0 radical (unpaired) electrons. The molecule has 0 saturated heterocycles. The van der Waals surface area contributed by atoms with Crippen LogP contribution in [0.15, 0.2) is 23.3 Å². The van der Waals surface area contributed by atoms with Crippen molar-refractivity contribution in [3.63, 3.8) is 0 Å². The third-order valence-electron chi connectivity index (χ3n) is 3.48. The van der Waals surface area contributed by atoms with Gasteiger partial charge in [-0.2, -0.15) is 0 Å². The molecule has 1 fully saturated rings. The Morgan fingerprint density at radius 1 is 1.56 bits per heavy atom. The Bertz CT molecular complexity index is 350. The minimum Gasteiger partial charge on any atom is -0.460 e. The molecule has 16 heavy (non-hydrogen) atoms. The molecule has 0 amide bonds. The van der Waals surface area contributed by atoms with Crippen LogP contribution in [0.1, 0.15) is 40.0 Å². The van der Waals surface area contributed by atoms with Crippen molar-refractivity contribution in [3.8, 4) is 0 Å². The van der Waals surface area contributed by atoms with Gasteiger partial charge in [0.05, 0.1) is 6.10 Å². The molecule has 0 N–H and O–H groups in total. The predicted molar refractivity (Wildman–Crippen MR) is 63.9 cm³/mol. The summed E-state index contributed by atoms with van der Waals surface area (Å²) in [6.45, 7) is 5.96. The van der Waals surface area contributed by atoms with Crippen LogP contribution in [-0.2, 0) is 9.53 Å². The van der Waals surface area contributed by atoms with Crippen LogP contribution in [0, 0.1) is 11.8 Å². The van der Waals surface area contributed by atoms with Gasteiger partial charge >= 0.3 is 5.97 Å². The molecular weight excluding hydrogens is 200 g/mol. The number of ether oxygens (including phenoxy) is 1. The normalized spacial score (nSPS) is 30.0. The number of carbonyl (C=O) groups is 1. The van der Waals surface area contributed by atoms with Crippen molar-refractivity contribution < 1.29 is 9.53 Å². The van der Waals surface area contributed by atoms with Gasteiger partial charge in [0.1, 0.15) is 0 Å². The quantitative estimate of drug-likeness (QED) is 0.414. The summed E-state index contributed by atoms with van der Waals surface area (Å²) in [7, 11) is 0.